The first kappa shape index (κ1) is 21.6. The van der Waals surface area contributed by atoms with Crippen molar-refractivity contribution in [3.8, 4) is 0 Å². The molecule has 3 nitrogen and oxygen atoms in total. The summed E-state index contributed by atoms with van der Waals surface area (Å²) in [6.45, 7) is 7.25. The fourth-order valence-corrected chi connectivity index (χ4v) is 3.22. The van der Waals surface area contributed by atoms with Crippen LogP contribution in [0.5, 0.6) is 0 Å². The van der Waals surface area contributed by atoms with Gasteiger partial charge < -0.3 is 4.42 Å². The van der Waals surface area contributed by atoms with Crippen molar-refractivity contribution >= 4 is 22.8 Å². The second-order valence-electron chi connectivity index (χ2n) is 7.25. The standard InChI is InChI=1S/C24H23F3N2O/c1-15-8-5-9-16(2)22(15)28-19(20-12-7-13-30-20)14-21(24(25,26)27)29-23-17(3)10-6-11-18(23)4/h5-13H,14H2,1-4H3. The summed E-state index contributed by atoms with van der Waals surface area (Å²) in [6.07, 6.45) is -3.69. The molecule has 3 rings (SSSR count). The maximum atomic E-state index is 14.0. The zero-order valence-corrected chi connectivity index (χ0v) is 17.3. The number of nitrogens with zero attached hydrogens (tertiary/aromatic N) is 2. The van der Waals surface area contributed by atoms with Crippen molar-refractivity contribution in [3.63, 3.8) is 0 Å². The van der Waals surface area contributed by atoms with Crippen molar-refractivity contribution in [1.82, 2.24) is 0 Å². The van der Waals surface area contributed by atoms with Gasteiger partial charge in [0.1, 0.15) is 11.5 Å². The van der Waals surface area contributed by atoms with Crippen LogP contribution < -0.4 is 0 Å². The summed E-state index contributed by atoms with van der Waals surface area (Å²) in [4.78, 5) is 8.62. The number of aliphatic imine (C=N–C) groups is 2. The number of halogens is 3. The molecule has 0 atom stereocenters. The first-order valence-electron chi connectivity index (χ1n) is 9.55. The maximum absolute atomic E-state index is 14.0. The van der Waals surface area contributed by atoms with Crippen LogP contribution in [0, 0.1) is 27.7 Å². The Labute approximate surface area is 174 Å². The zero-order chi connectivity index (χ0) is 21.9. The van der Waals surface area contributed by atoms with Gasteiger partial charge in [0.2, 0.25) is 0 Å². The molecule has 0 radical (unpaired) electrons. The molecule has 0 aliphatic rings. The summed E-state index contributed by atoms with van der Waals surface area (Å²) >= 11 is 0. The highest BCUT2D eigenvalue weighted by Gasteiger charge is 2.37. The van der Waals surface area contributed by atoms with Gasteiger partial charge in [-0.25, -0.2) is 9.98 Å². The lowest BCUT2D eigenvalue weighted by molar-refractivity contribution is -0.0597. The van der Waals surface area contributed by atoms with Gasteiger partial charge in [0.15, 0.2) is 0 Å². The minimum absolute atomic E-state index is 0.180. The second-order valence-corrected chi connectivity index (χ2v) is 7.25. The average Bonchev–Trinajstić information content (AvgIpc) is 3.19. The first-order chi connectivity index (χ1) is 14.2. The van der Waals surface area contributed by atoms with Gasteiger partial charge in [-0.1, -0.05) is 36.4 Å². The molecule has 6 heteroatoms. The Morgan fingerprint density at radius 3 is 1.70 bits per heavy atom. The molecule has 30 heavy (non-hydrogen) atoms. The van der Waals surface area contributed by atoms with Gasteiger partial charge in [-0.15, -0.1) is 0 Å². The number of rotatable bonds is 5. The Morgan fingerprint density at radius 2 is 1.27 bits per heavy atom. The van der Waals surface area contributed by atoms with E-state index in [9.17, 15) is 13.2 Å². The highest BCUT2D eigenvalue weighted by Crippen LogP contribution is 2.30. The van der Waals surface area contributed by atoms with Crippen LogP contribution in [-0.2, 0) is 0 Å². The highest BCUT2D eigenvalue weighted by molar-refractivity contribution is 6.14. The molecule has 156 valence electrons. The summed E-state index contributed by atoms with van der Waals surface area (Å²) in [5.74, 6) is 0.288. The van der Waals surface area contributed by atoms with Gasteiger partial charge in [-0.05, 0) is 62.1 Å². The predicted octanol–water partition coefficient (Wildman–Crippen LogP) is 7.36. The number of hydrogen-bond donors (Lipinski definition) is 0. The zero-order valence-electron chi connectivity index (χ0n) is 17.3. The molecule has 1 heterocycles. The summed E-state index contributed by atoms with van der Waals surface area (Å²) in [7, 11) is 0. The molecule has 2 aromatic carbocycles. The Kier molecular flexibility index (Phi) is 6.25. The van der Waals surface area contributed by atoms with Gasteiger partial charge in [-0.2, -0.15) is 13.2 Å². The Hall–Kier alpha value is -3.15. The van der Waals surface area contributed by atoms with E-state index < -0.39 is 18.3 Å². The van der Waals surface area contributed by atoms with Crippen LogP contribution in [0.25, 0.3) is 0 Å². The Morgan fingerprint density at radius 1 is 0.767 bits per heavy atom. The molecule has 3 aromatic rings. The molecule has 0 unspecified atom stereocenters. The van der Waals surface area contributed by atoms with E-state index >= 15 is 0 Å². The lowest BCUT2D eigenvalue weighted by Crippen LogP contribution is -2.26. The van der Waals surface area contributed by atoms with E-state index in [1.54, 1.807) is 44.2 Å². The second kappa shape index (κ2) is 8.69. The molecule has 0 fully saturated rings. The minimum Gasteiger partial charge on any atom is -0.463 e. The van der Waals surface area contributed by atoms with Crippen LogP contribution in [0.3, 0.4) is 0 Å². The molecule has 0 saturated heterocycles. The lowest BCUT2D eigenvalue weighted by atomic mass is 10.1. The lowest BCUT2D eigenvalue weighted by Gasteiger charge is -2.14. The molecular formula is C24H23F3N2O. The number of benzene rings is 2. The number of hydrogen-bond acceptors (Lipinski definition) is 3. The van der Waals surface area contributed by atoms with E-state index in [1.165, 1.54) is 6.26 Å². The third-order valence-electron chi connectivity index (χ3n) is 4.84. The van der Waals surface area contributed by atoms with Crippen molar-refractivity contribution in [1.29, 1.82) is 0 Å². The minimum atomic E-state index is -4.61. The Bertz CT molecular complexity index is 1050. The monoisotopic (exact) mass is 412 g/mol. The molecular weight excluding hydrogens is 389 g/mol. The molecule has 0 N–H and O–H groups in total. The third kappa shape index (κ3) is 4.87. The van der Waals surface area contributed by atoms with E-state index in [4.69, 9.17) is 4.42 Å². The number of furan rings is 1. The highest BCUT2D eigenvalue weighted by atomic mass is 19.4. The van der Waals surface area contributed by atoms with Crippen LogP contribution in [-0.4, -0.2) is 17.6 Å². The summed E-state index contributed by atoms with van der Waals surface area (Å²) in [5, 5.41) is 0. The third-order valence-corrected chi connectivity index (χ3v) is 4.84. The molecule has 1 aromatic heterocycles. The van der Waals surface area contributed by atoms with Crippen LogP contribution in [0.4, 0.5) is 24.5 Å². The topological polar surface area (TPSA) is 37.9 Å². The average molecular weight is 412 g/mol. The quantitative estimate of drug-likeness (QED) is 0.403. The fraction of sp³-hybridized carbons (Fsp3) is 0.250. The van der Waals surface area contributed by atoms with E-state index in [0.717, 1.165) is 11.1 Å². The number of alkyl halides is 3. The van der Waals surface area contributed by atoms with E-state index in [0.29, 0.717) is 22.5 Å². The van der Waals surface area contributed by atoms with Gasteiger partial charge in [0.05, 0.1) is 23.3 Å². The SMILES string of the molecule is Cc1cccc(C)c1N=C(CC(=Nc1c(C)cccc1C)C(F)(F)F)c1ccco1. The van der Waals surface area contributed by atoms with E-state index in [1.807, 2.05) is 32.0 Å². The fourth-order valence-electron chi connectivity index (χ4n) is 3.22. The molecule has 0 bridgehead atoms. The predicted molar refractivity (Wildman–Crippen MR) is 115 cm³/mol. The number of para-hydroxylation sites is 2. The van der Waals surface area contributed by atoms with Crippen molar-refractivity contribution < 1.29 is 17.6 Å². The molecule has 0 amide bonds. The van der Waals surface area contributed by atoms with Crippen LogP contribution >= 0.6 is 0 Å². The summed E-state index contributed by atoms with van der Waals surface area (Å²) in [5.41, 5.74) is 3.35. The van der Waals surface area contributed by atoms with Gasteiger partial charge >= 0.3 is 6.18 Å². The molecule has 0 aliphatic carbocycles. The van der Waals surface area contributed by atoms with Gasteiger partial charge in [0, 0.05) is 6.42 Å². The largest absolute Gasteiger partial charge is 0.463 e. The summed E-state index contributed by atoms with van der Waals surface area (Å²) in [6, 6.07) is 14.2. The van der Waals surface area contributed by atoms with Gasteiger partial charge in [-0.3, -0.25) is 0 Å². The first-order valence-corrected chi connectivity index (χ1v) is 9.55. The molecule has 0 saturated carbocycles. The van der Waals surface area contributed by atoms with Crippen molar-refractivity contribution in [2.45, 2.75) is 40.3 Å². The van der Waals surface area contributed by atoms with Crippen LogP contribution in [0.1, 0.15) is 34.4 Å². The molecule has 0 spiro atoms. The van der Waals surface area contributed by atoms with Crippen molar-refractivity contribution in [3.05, 3.63) is 82.8 Å². The van der Waals surface area contributed by atoms with Crippen LogP contribution in [0.2, 0.25) is 0 Å². The van der Waals surface area contributed by atoms with Crippen molar-refractivity contribution in [2.24, 2.45) is 9.98 Å². The van der Waals surface area contributed by atoms with E-state index in [-0.39, 0.29) is 11.5 Å². The molecule has 0 aliphatic heterocycles. The number of aryl methyl sites for hydroxylation is 4. The smallest absolute Gasteiger partial charge is 0.429 e. The van der Waals surface area contributed by atoms with Crippen LogP contribution in [0.15, 0.2) is 69.2 Å². The van der Waals surface area contributed by atoms with Gasteiger partial charge in [0.25, 0.3) is 0 Å². The maximum Gasteiger partial charge on any atom is 0.429 e. The van der Waals surface area contributed by atoms with Crippen molar-refractivity contribution in [2.75, 3.05) is 0 Å². The normalized spacial score (nSPS) is 13.0. The Balaban J connectivity index is 2.14. The van der Waals surface area contributed by atoms with E-state index in [2.05, 4.69) is 9.98 Å². The summed E-state index contributed by atoms with van der Waals surface area (Å²) < 4.78 is 47.3.